The molecule has 1 amide bonds. The fourth-order valence-corrected chi connectivity index (χ4v) is 7.13. The number of nitrogens with zero attached hydrogens (tertiary/aromatic N) is 1. The summed E-state index contributed by atoms with van der Waals surface area (Å²) in [5.74, 6) is -1.37. The van der Waals surface area contributed by atoms with Crippen LogP contribution >= 0.6 is 35.7 Å². The Hall–Kier alpha value is -2.10. The molecule has 0 radical (unpaired) electrons. The summed E-state index contributed by atoms with van der Waals surface area (Å²) in [6.45, 7) is 11.8. The Balaban J connectivity index is 2.31. The fourth-order valence-electron chi connectivity index (χ4n) is 4.10. The molecule has 0 saturated heterocycles. The number of ether oxygens (including phenoxy) is 2. The highest BCUT2D eigenvalue weighted by molar-refractivity contribution is 8.29. The quantitative estimate of drug-likeness (QED) is 0.291. The molecule has 1 aromatic carbocycles. The number of anilines is 1. The van der Waals surface area contributed by atoms with Crippen molar-refractivity contribution < 1.29 is 23.9 Å². The number of esters is 2. The minimum atomic E-state index is -0.800. The Morgan fingerprint density at radius 3 is 2.06 bits per heavy atom. The zero-order valence-corrected chi connectivity index (χ0v) is 23.1. The van der Waals surface area contributed by atoms with Gasteiger partial charge < -0.3 is 14.4 Å². The third-order valence-corrected chi connectivity index (χ3v) is 9.34. The Morgan fingerprint density at radius 1 is 1.06 bits per heavy atom. The van der Waals surface area contributed by atoms with Gasteiger partial charge in [-0.1, -0.05) is 61.2 Å². The van der Waals surface area contributed by atoms with Crippen molar-refractivity contribution in [2.75, 3.05) is 19.1 Å². The molecule has 2 heterocycles. The van der Waals surface area contributed by atoms with E-state index in [0.29, 0.717) is 15.5 Å². The van der Waals surface area contributed by atoms with Gasteiger partial charge in [-0.3, -0.25) is 4.79 Å². The van der Waals surface area contributed by atoms with Gasteiger partial charge in [0.2, 0.25) is 5.91 Å². The Kier molecular flexibility index (Phi) is 7.70. The number of amides is 1. The summed E-state index contributed by atoms with van der Waals surface area (Å²) in [4.78, 5) is 41.3. The highest BCUT2D eigenvalue weighted by Crippen LogP contribution is 2.56. The van der Waals surface area contributed by atoms with Crippen LogP contribution in [0.5, 0.6) is 0 Å². The summed E-state index contributed by atoms with van der Waals surface area (Å²) in [7, 11) is 2.55. The standard InChI is InChI=1S/C25H29NO5S3/c1-9-13(3)21(27)26-17-14(4)10-12(2)11-15(17)16(20(32)25(26,5)6)24-33-18(22(28)30-7)19(34-24)23(29)31-8/h10-11,13H,9H2,1-8H3/t13-/m0/s1. The normalized spacial score (nSPS) is 18.1. The lowest BCUT2D eigenvalue weighted by Gasteiger charge is -2.47. The lowest BCUT2D eigenvalue weighted by molar-refractivity contribution is -0.138. The maximum atomic E-state index is 13.6. The first kappa shape index (κ1) is 26.5. The highest BCUT2D eigenvalue weighted by atomic mass is 32.2. The van der Waals surface area contributed by atoms with E-state index in [9.17, 15) is 14.4 Å². The number of carbonyl (C=O) groups excluding carboxylic acids is 3. The smallest absolute Gasteiger partial charge is 0.346 e. The van der Waals surface area contributed by atoms with Crippen molar-refractivity contribution in [3.63, 3.8) is 0 Å². The van der Waals surface area contributed by atoms with E-state index >= 15 is 0 Å². The van der Waals surface area contributed by atoms with E-state index in [4.69, 9.17) is 21.7 Å². The monoisotopic (exact) mass is 519 g/mol. The molecule has 0 N–H and O–H groups in total. The van der Waals surface area contributed by atoms with Crippen molar-refractivity contribution in [3.05, 3.63) is 42.9 Å². The maximum absolute atomic E-state index is 13.6. The lowest BCUT2D eigenvalue weighted by atomic mass is 9.80. The molecule has 2 aliphatic heterocycles. The van der Waals surface area contributed by atoms with Crippen LogP contribution in [0.15, 0.2) is 26.2 Å². The van der Waals surface area contributed by atoms with Crippen molar-refractivity contribution in [2.24, 2.45) is 5.92 Å². The molecule has 0 unspecified atom stereocenters. The van der Waals surface area contributed by atoms with Crippen molar-refractivity contribution in [1.82, 2.24) is 0 Å². The first-order valence-corrected chi connectivity index (χ1v) is 13.0. The molecule has 0 saturated carbocycles. The fraction of sp³-hybridized carbons (Fsp3) is 0.440. The zero-order valence-electron chi connectivity index (χ0n) is 20.7. The number of thiocarbonyl (C=S) groups is 1. The summed E-state index contributed by atoms with van der Waals surface area (Å²) >= 11 is 8.33. The first-order valence-electron chi connectivity index (χ1n) is 10.9. The van der Waals surface area contributed by atoms with Crippen LogP contribution in [0, 0.1) is 19.8 Å². The molecular formula is C25H29NO5S3. The Bertz CT molecular complexity index is 1140. The maximum Gasteiger partial charge on any atom is 0.346 e. The number of carbonyl (C=O) groups is 3. The summed E-state index contributed by atoms with van der Waals surface area (Å²) < 4.78 is 10.5. The van der Waals surface area contributed by atoms with E-state index in [0.717, 1.165) is 51.5 Å². The van der Waals surface area contributed by atoms with Crippen LogP contribution in [0.1, 0.15) is 50.8 Å². The van der Waals surface area contributed by atoms with E-state index in [1.807, 2.05) is 52.5 Å². The minimum Gasteiger partial charge on any atom is -0.465 e. The highest BCUT2D eigenvalue weighted by Gasteiger charge is 2.47. The largest absolute Gasteiger partial charge is 0.465 e. The molecule has 182 valence electrons. The summed E-state index contributed by atoms with van der Waals surface area (Å²) in [6, 6.07) is 4.06. The second-order valence-corrected chi connectivity index (χ2v) is 11.6. The Morgan fingerprint density at radius 2 is 1.59 bits per heavy atom. The number of benzene rings is 1. The second-order valence-electron chi connectivity index (χ2n) is 8.86. The number of thioether (sulfide) groups is 2. The number of hydrogen-bond donors (Lipinski definition) is 0. The third-order valence-electron chi connectivity index (χ3n) is 6.08. The molecule has 3 rings (SSSR count). The van der Waals surface area contributed by atoms with Crippen molar-refractivity contribution in [1.29, 1.82) is 0 Å². The summed E-state index contributed by atoms with van der Waals surface area (Å²) in [5, 5.41) is 0. The molecule has 0 spiro atoms. The van der Waals surface area contributed by atoms with Crippen LogP contribution in [-0.2, 0) is 23.9 Å². The molecule has 34 heavy (non-hydrogen) atoms. The number of aryl methyl sites for hydroxylation is 2. The van der Waals surface area contributed by atoms with Gasteiger partial charge >= 0.3 is 11.9 Å². The minimum absolute atomic E-state index is 0.0162. The van der Waals surface area contributed by atoms with Gasteiger partial charge in [0.15, 0.2) is 0 Å². The van der Waals surface area contributed by atoms with E-state index in [1.165, 1.54) is 14.2 Å². The predicted octanol–water partition coefficient (Wildman–Crippen LogP) is 5.55. The summed E-state index contributed by atoms with van der Waals surface area (Å²) in [5.41, 5.74) is 3.57. The average Bonchev–Trinajstić information content (AvgIpc) is 3.23. The predicted molar refractivity (Wildman–Crippen MR) is 143 cm³/mol. The van der Waals surface area contributed by atoms with E-state index < -0.39 is 17.5 Å². The third kappa shape index (κ3) is 4.33. The number of hydrogen-bond acceptors (Lipinski definition) is 8. The molecule has 1 aromatic rings. The molecule has 0 fully saturated rings. The van der Waals surface area contributed by atoms with E-state index in [1.54, 1.807) is 0 Å². The van der Waals surface area contributed by atoms with Crippen LogP contribution in [0.3, 0.4) is 0 Å². The van der Waals surface area contributed by atoms with Crippen molar-refractivity contribution in [3.8, 4) is 0 Å². The number of rotatable bonds is 4. The van der Waals surface area contributed by atoms with Crippen LogP contribution in [0.2, 0.25) is 0 Å². The number of fused-ring (bicyclic) bond motifs is 1. The molecule has 1 atom stereocenters. The van der Waals surface area contributed by atoms with Gasteiger partial charge in [-0.2, -0.15) is 0 Å². The van der Waals surface area contributed by atoms with Gasteiger partial charge in [-0.25, -0.2) is 9.59 Å². The second kappa shape index (κ2) is 9.87. The molecule has 9 heteroatoms. The van der Waals surface area contributed by atoms with E-state index in [-0.39, 0.29) is 21.6 Å². The topological polar surface area (TPSA) is 72.9 Å². The van der Waals surface area contributed by atoms with Crippen LogP contribution < -0.4 is 4.90 Å². The molecule has 0 aromatic heterocycles. The van der Waals surface area contributed by atoms with Crippen molar-refractivity contribution >= 4 is 69.7 Å². The summed E-state index contributed by atoms with van der Waals surface area (Å²) in [6.07, 6.45) is 0.715. The molecule has 0 bridgehead atoms. The number of methoxy groups -OCH3 is 2. The average molecular weight is 520 g/mol. The van der Waals surface area contributed by atoms with E-state index in [2.05, 4.69) is 6.07 Å². The van der Waals surface area contributed by atoms with Crippen LogP contribution in [-0.4, -0.2) is 42.5 Å². The zero-order chi connectivity index (χ0) is 25.5. The molecule has 6 nitrogen and oxygen atoms in total. The van der Waals surface area contributed by atoms with Gasteiger partial charge in [0, 0.05) is 17.1 Å². The lowest BCUT2D eigenvalue weighted by Crippen LogP contribution is -2.57. The van der Waals surface area contributed by atoms with Crippen molar-refractivity contribution in [2.45, 2.75) is 53.5 Å². The van der Waals surface area contributed by atoms with Gasteiger partial charge in [-0.15, -0.1) is 0 Å². The van der Waals surface area contributed by atoms with Gasteiger partial charge in [0.1, 0.15) is 9.81 Å². The van der Waals surface area contributed by atoms with Gasteiger partial charge in [0.25, 0.3) is 0 Å². The SMILES string of the molecule is CC[C@H](C)C(=O)N1c2c(C)cc(C)cc2C(=C2SC(C(=O)OC)=C(C(=O)OC)S2)C(=S)C1(C)C. The first-order chi connectivity index (χ1) is 15.9. The molecule has 2 aliphatic rings. The molecule has 0 aliphatic carbocycles. The van der Waals surface area contributed by atoms with Crippen LogP contribution in [0.4, 0.5) is 5.69 Å². The van der Waals surface area contributed by atoms with Gasteiger partial charge in [0.05, 0.1) is 34.5 Å². The van der Waals surface area contributed by atoms with Gasteiger partial charge in [-0.05, 0) is 45.7 Å². The Labute approximate surface area is 214 Å². The van der Waals surface area contributed by atoms with Crippen LogP contribution in [0.25, 0.3) is 5.57 Å². The molecular weight excluding hydrogens is 490 g/mol.